The van der Waals surface area contributed by atoms with Crippen LogP contribution in [0.2, 0.25) is 0 Å². The third kappa shape index (κ3) is 4.71. The fourth-order valence-corrected chi connectivity index (χ4v) is 3.10. The van der Waals surface area contributed by atoms with Gasteiger partial charge < -0.3 is 15.2 Å². The van der Waals surface area contributed by atoms with Crippen LogP contribution in [0.4, 0.5) is 0 Å². The van der Waals surface area contributed by atoms with Gasteiger partial charge >= 0.3 is 5.97 Å². The number of hydrogen-bond acceptors (Lipinski definition) is 3. The number of rotatable bonds is 6. The van der Waals surface area contributed by atoms with Crippen LogP contribution in [0.25, 0.3) is 0 Å². The van der Waals surface area contributed by atoms with Gasteiger partial charge in [0.25, 0.3) is 0 Å². The lowest BCUT2D eigenvalue weighted by molar-refractivity contribution is -0.144. The molecule has 0 atom stereocenters. The quantitative estimate of drug-likeness (QED) is 0.791. The standard InChI is InChI=1S/C18H25NO4/c1-12-4-3-5-13(2)16(12)23-11-10-19-17(20)14-6-8-15(9-7-14)18(21)22/h3-5,14-15H,6-11H2,1-2H3,(H,19,20)(H,21,22). The van der Waals surface area contributed by atoms with E-state index in [0.29, 0.717) is 38.8 Å². The van der Waals surface area contributed by atoms with Crippen LogP contribution in [0, 0.1) is 25.7 Å². The molecule has 5 heteroatoms. The van der Waals surface area contributed by atoms with Crippen molar-refractivity contribution >= 4 is 11.9 Å². The molecule has 126 valence electrons. The summed E-state index contributed by atoms with van der Waals surface area (Å²) in [6.07, 6.45) is 2.49. The number of nitrogens with one attached hydrogen (secondary N) is 1. The lowest BCUT2D eigenvalue weighted by Gasteiger charge is -2.25. The fraction of sp³-hybridized carbons (Fsp3) is 0.556. The van der Waals surface area contributed by atoms with Gasteiger partial charge in [0.2, 0.25) is 5.91 Å². The topological polar surface area (TPSA) is 75.6 Å². The largest absolute Gasteiger partial charge is 0.491 e. The van der Waals surface area contributed by atoms with Gasteiger partial charge in [0.1, 0.15) is 12.4 Å². The van der Waals surface area contributed by atoms with E-state index in [1.54, 1.807) is 0 Å². The Morgan fingerprint density at radius 1 is 1.13 bits per heavy atom. The van der Waals surface area contributed by atoms with Crippen LogP contribution in [0.1, 0.15) is 36.8 Å². The van der Waals surface area contributed by atoms with Crippen molar-refractivity contribution in [3.63, 3.8) is 0 Å². The Bertz CT molecular complexity index is 542. The van der Waals surface area contributed by atoms with Gasteiger partial charge in [0.15, 0.2) is 0 Å². The van der Waals surface area contributed by atoms with Gasteiger partial charge in [-0.3, -0.25) is 9.59 Å². The van der Waals surface area contributed by atoms with E-state index in [0.717, 1.165) is 16.9 Å². The zero-order valence-corrected chi connectivity index (χ0v) is 13.8. The number of aryl methyl sites for hydroxylation is 2. The van der Waals surface area contributed by atoms with Crippen molar-refractivity contribution in [2.24, 2.45) is 11.8 Å². The molecule has 0 heterocycles. The number of ether oxygens (including phenoxy) is 1. The Morgan fingerprint density at radius 2 is 1.70 bits per heavy atom. The first-order chi connectivity index (χ1) is 11.0. The first kappa shape index (κ1) is 17.3. The van der Waals surface area contributed by atoms with Crippen molar-refractivity contribution in [1.82, 2.24) is 5.32 Å². The molecule has 1 amide bonds. The highest BCUT2D eigenvalue weighted by Gasteiger charge is 2.29. The molecular formula is C18H25NO4. The van der Waals surface area contributed by atoms with E-state index in [2.05, 4.69) is 5.32 Å². The second-order valence-corrected chi connectivity index (χ2v) is 6.25. The molecule has 0 saturated heterocycles. The van der Waals surface area contributed by atoms with Crippen molar-refractivity contribution in [3.05, 3.63) is 29.3 Å². The molecule has 1 aliphatic carbocycles. The Hall–Kier alpha value is -2.04. The van der Waals surface area contributed by atoms with Gasteiger partial charge in [-0.25, -0.2) is 0 Å². The molecule has 0 aromatic heterocycles. The molecule has 0 bridgehead atoms. The summed E-state index contributed by atoms with van der Waals surface area (Å²) in [6.45, 7) is 4.90. The van der Waals surface area contributed by atoms with Crippen LogP contribution in [0.15, 0.2) is 18.2 Å². The number of carboxylic acid groups (broad SMARTS) is 1. The average Bonchev–Trinajstić information content (AvgIpc) is 2.53. The summed E-state index contributed by atoms with van der Waals surface area (Å²) in [5.74, 6) is -0.203. The number of hydrogen-bond donors (Lipinski definition) is 2. The molecule has 1 aromatic rings. The van der Waals surface area contributed by atoms with Gasteiger partial charge in [-0.1, -0.05) is 18.2 Å². The summed E-state index contributed by atoms with van der Waals surface area (Å²) in [4.78, 5) is 23.0. The van der Waals surface area contributed by atoms with E-state index in [9.17, 15) is 9.59 Å². The van der Waals surface area contributed by atoms with Crippen molar-refractivity contribution in [1.29, 1.82) is 0 Å². The third-order valence-electron chi connectivity index (χ3n) is 4.50. The molecular weight excluding hydrogens is 294 g/mol. The normalized spacial score (nSPS) is 20.8. The summed E-state index contributed by atoms with van der Waals surface area (Å²) in [6, 6.07) is 6.00. The molecule has 1 aliphatic rings. The zero-order chi connectivity index (χ0) is 16.8. The number of carbonyl (C=O) groups is 2. The molecule has 23 heavy (non-hydrogen) atoms. The van der Waals surface area contributed by atoms with Gasteiger partial charge in [-0.15, -0.1) is 0 Å². The van der Waals surface area contributed by atoms with Crippen LogP contribution in [-0.4, -0.2) is 30.1 Å². The second-order valence-electron chi connectivity index (χ2n) is 6.25. The molecule has 0 unspecified atom stereocenters. The van der Waals surface area contributed by atoms with E-state index in [-0.39, 0.29) is 17.7 Å². The van der Waals surface area contributed by atoms with Crippen molar-refractivity contribution in [2.75, 3.05) is 13.2 Å². The average molecular weight is 319 g/mol. The zero-order valence-electron chi connectivity index (χ0n) is 13.8. The SMILES string of the molecule is Cc1cccc(C)c1OCCNC(=O)C1CCC(C(=O)O)CC1. The Balaban J connectivity index is 1.70. The highest BCUT2D eigenvalue weighted by Crippen LogP contribution is 2.29. The maximum atomic E-state index is 12.1. The summed E-state index contributed by atoms with van der Waals surface area (Å²) in [5, 5.41) is 11.9. The second kappa shape index (κ2) is 7.99. The summed E-state index contributed by atoms with van der Waals surface area (Å²) in [7, 11) is 0. The molecule has 1 saturated carbocycles. The predicted molar refractivity (Wildman–Crippen MR) is 87.5 cm³/mol. The minimum Gasteiger partial charge on any atom is -0.491 e. The van der Waals surface area contributed by atoms with Crippen LogP contribution < -0.4 is 10.1 Å². The lowest BCUT2D eigenvalue weighted by atomic mass is 9.81. The van der Waals surface area contributed by atoms with Crippen LogP contribution in [0.5, 0.6) is 5.75 Å². The summed E-state index contributed by atoms with van der Waals surface area (Å²) >= 11 is 0. The van der Waals surface area contributed by atoms with Gasteiger partial charge in [0, 0.05) is 5.92 Å². The Morgan fingerprint density at radius 3 is 2.26 bits per heavy atom. The first-order valence-electron chi connectivity index (χ1n) is 8.18. The number of amides is 1. The van der Waals surface area contributed by atoms with Crippen molar-refractivity contribution in [3.8, 4) is 5.75 Å². The molecule has 2 rings (SSSR count). The van der Waals surface area contributed by atoms with Gasteiger partial charge in [0.05, 0.1) is 12.5 Å². The molecule has 0 spiro atoms. The number of carboxylic acids is 1. The van der Waals surface area contributed by atoms with Crippen LogP contribution in [0.3, 0.4) is 0 Å². The van der Waals surface area contributed by atoms with E-state index in [1.807, 2.05) is 32.0 Å². The molecule has 1 aromatic carbocycles. The summed E-state index contributed by atoms with van der Waals surface area (Å²) in [5.41, 5.74) is 2.17. The highest BCUT2D eigenvalue weighted by atomic mass is 16.5. The van der Waals surface area contributed by atoms with Crippen molar-refractivity contribution < 1.29 is 19.4 Å². The molecule has 5 nitrogen and oxygen atoms in total. The van der Waals surface area contributed by atoms with Gasteiger partial charge in [-0.2, -0.15) is 0 Å². The molecule has 1 fully saturated rings. The van der Waals surface area contributed by atoms with Crippen LogP contribution >= 0.6 is 0 Å². The fourth-order valence-electron chi connectivity index (χ4n) is 3.10. The van der Waals surface area contributed by atoms with E-state index < -0.39 is 5.97 Å². The maximum absolute atomic E-state index is 12.1. The van der Waals surface area contributed by atoms with E-state index >= 15 is 0 Å². The number of carbonyl (C=O) groups excluding carboxylic acids is 1. The number of para-hydroxylation sites is 1. The number of aliphatic carboxylic acids is 1. The van der Waals surface area contributed by atoms with E-state index in [1.165, 1.54) is 0 Å². The van der Waals surface area contributed by atoms with Crippen LogP contribution in [-0.2, 0) is 9.59 Å². The predicted octanol–water partition coefficient (Wildman–Crippen LogP) is 2.69. The molecule has 0 radical (unpaired) electrons. The smallest absolute Gasteiger partial charge is 0.306 e. The highest BCUT2D eigenvalue weighted by molar-refractivity contribution is 5.79. The number of benzene rings is 1. The third-order valence-corrected chi connectivity index (χ3v) is 4.50. The Labute approximate surface area is 137 Å². The molecule has 2 N–H and O–H groups in total. The lowest BCUT2D eigenvalue weighted by Crippen LogP contribution is -2.36. The van der Waals surface area contributed by atoms with E-state index in [4.69, 9.17) is 9.84 Å². The summed E-state index contributed by atoms with van der Waals surface area (Å²) < 4.78 is 5.76. The molecule has 0 aliphatic heterocycles. The van der Waals surface area contributed by atoms with Gasteiger partial charge in [-0.05, 0) is 50.7 Å². The Kier molecular flexibility index (Phi) is 6.02. The minimum atomic E-state index is -0.745. The monoisotopic (exact) mass is 319 g/mol. The minimum absolute atomic E-state index is 0.0129. The first-order valence-corrected chi connectivity index (χ1v) is 8.18. The van der Waals surface area contributed by atoms with Crippen molar-refractivity contribution in [2.45, 2.75) is 39.5 Å². The maximum Gasteiger partial charge on any atom is 0.306 e.